The molecule has 0 bridgehead atoms. The van der Waals surface area contributed by atoms with Crippen molar-refractivity contribution in [3.63, 3.8) is 0 Å². The fourth-order valence-electron chi connectivity index (χ4n) is 3.07. The fraction of sp³-hybridized carbons (Fsp3) is 0.381. The van der Waals surface area contributed by atoms with Crippen LogP contribution >= 0.6 is 0 Å². The molecule has 1 amide bonds. The molecular weight excluding hydrogens is 360 g/mol. The Morgan fingerprint density at radius 2 is 1.52 bits per heavy atom. The van der Waals surface area contributed by atoms with Crippen LogP contribution in [0.1, 0.15) is 38.1 Å². The van der Waals surface area contributed by atoms with Crippen LogP contribution in [-0.2, 0) is 10.0 Å². The van der Waals surface area contributed by atoms with E-state index in [1.807, 2.05) is 0 Å². The number of sulfonamides is 1. The molecule has 0 radical (unpaired) electrons. The molecule has 0 saturated carbocycles. The minimum Gasteiger partial charge on any atom is -0.349 e. The highest BCUT2D eigenvalue weighted by atomic mass is 32.2. The molecule has 0 heterocycles. The van der Waals surface area contributed by atoms with Gasteiger partial charge in [0.15, 0.2) is 0 Å². The highest BCUT2D eigenvalue weighted by molar-refractivity contribution is 7.92. The lowest BCUT2D eigenvalue weighted by atomic mass is 9.93. The van der Waals surface area contributed by atoms with Gasteiger partial charge in [0.05, 0.1) is 10.6 Å². The average Bonchev–Trinajstić information content (AvgIpc) is 2.65. The Labute approximate surface area is 162 Å². The Morgan fingerprint density at radius 3 is 2.07 bits per heavy atom. The molecule has 6 heteroatoms. The van der Waals surface area contributed by atoms with E-state index in [1.165, 1.54) is 11.4 Å². The zero-order chi connectivity index (χ0) is 20.2. The smallest absolute Gasteiger partial charge is 0.264 e. The Bertz CT molecular complexity index is 869. The van der Waals surface area contributed by atoms with Gasteiger partial charge < -0.3 is 5.32 Å². The molecule has 0 aliphatic rings. The summed E-state index contributed by atoms with van der Waals surface area (Å²) in [6.45, 7) is 8.28. The van der Waals surface area contributed by atoms with Crippen LogP contribution in [0.25, 0.3) is 0 Å². The van der Waals surface area contributed by atoms with Crippen LogP contribution in [-0.4, -0.2) is 27.4 Å². The lowest BCUT2D eigenvalue weighted by molar-refractivity contribution is 0.0910. The van der Waals surface area contributed by atoms with E-state index in [9.17, 15) is 13.2 Å². The highest BCUT2D eigenvalue weighted by Crippen LogP contribution is 2.23. The summed E-state index contributed by atoms with van der Waals surface area (Å²) in [6, 6.07) is 15.0. The average molecular weight is 389 g/mol. The number of hydrogen-bond acceptors (Lipinski definition) is 3. The number of rotatable bonds is 7. The van der Waals surface area contributed by atoms with E-state index in [1.54, 1.807) is 54.6 Å². The SMILES string of the molecule is CC(C)C(NC(=O)c1cccc(N(C)S(=O)(=O)c2ccccc2)c1)C(C)C. The minimum absolute atomic E-state index is 0.0481. The van der Waals surface area contributed by atoms with Crippen molar-refractivity contribution in [2.24, 2.45) is 11.8 Å². The number of benzene rings is 2. The summed E-state index contributed by atoms with van der Waals surface area (Å²) in [5, 5.41) is 3.06. The zero-order valence-corrected chi connectivity index (χ0v) is 17.3. The molecule has 146 valence electrons. The van der Waals surface area contributed by atoms with Crippen LogP contribution in [0.2, 0.25) is 0 Å². The summed E-state index contributed by atoms with van der Waals surface area (Å²) < 4.78 is 26.8. The first-order valence-electron chi connectivity index (χ1n) is 9.09. The van der Waals surface area contributed by atoms with Gasteiger partial charge in [-0.3, -0.25) is 9.10 Å². The Kier molecular flexibility index (Phi) is 6.65. The first-order valence-corrected chi connectivity index (χ1v) is 10.5. The van der Waals surface area contributed by atoms with Gasteiger partial charge in [-0.05, 0) is 42.2 Å². The van der Waals surface area contributed by atoms with Gasteiger partial charge in [0.25, 0.3) is 15.9 Å². The molecule has 0 atom stereocenters. The Morgan fingerprint density at radius 1 is 0.926 bits per heavy atom. The molecule has 0 saturated heterocycles. The number of amides is 1. The van der Waals surface area contributed by atoms with Crippen molar-refractivity contribution in [1.82, 2.24) is 5.32 Å². The third-order valence-corrected chi connectivity index (χ3v) is 6.41. The number of carbonyl (C=O) groups is 1. The lowest BCUT2D eigenvalue weighted by Crippen LogP contribution is -2.42. The van der Waals surface area contributed by atoms with E-state index in [0.29, 0.717) is 23.1 Å². The zero-order valence-electron chi connectivity index (χ0n) is 16.5. The van der Waals surface area contributed by atoms with Crippen molar-refractivity contribution in [1.29, 1.82) is 0 Å². The van der Waals surface area contributed by atoms with Gasteiger partial charge in [0.2, 0.25) is 0 Å². The number of hydrogen-bond donors (Lipinski definition) is 1. The molecule has 0 spiro atoms. The van der Waals surface area contributed by atoms with Gasteiger partial charge in [-0.15, -0.1) is 0 Å². The topological polar surface area (TPSA) is 66.5 Å². The molecule has 0 aliphatic carbocycles. The lowest BCUT2D eigenvalue weighted by Gasteiger charge is -2.26. The first kappa shape index (κ1) is 21.0. The highest BCUT2D eigenvalue weighted by Gasteiger charge is 2.23. The number of nitrogens with one attached hydrogen (secondary N) is 1. The first-order chi connectivity index (χ1) is 12.6. The third-order valence-electron chi connectivity index (χ3n) is 4.61. The summed E-state index contributed by atoms with van der Waals surface area (Å²) in [5.74, 6) is 0.409. The van der Waals surface area contributed by atoms with Crippen LogP contribution in [0.5, 0.6) is 0 Å². The van der Waals surface area contributed by atoms with E-state index in [2.05, 4.69) is 33.0 Å². The van der Waals surface area contributed by atoms with Crippen molar-refractivity contribution in [2.75, 3.05) is 11.4 Å². The molecule has 0 unspecified atom stereocenters. The van der Waals surface area contributed by atoms with E-state index in [0.717, 1.165) is 0 Å². The van der Waals surface area contributed by atoms with Crippen LogP contribution in [0.3, 0.4) is 0 Å². The molecule has 27 heavy (non-hydrogen) atoms. The monoisotopic (exact) mass is 388 g/mol. The van der Waals surface area contributed by atoms with Crippen molar-refractivity contribution < 1.29 is 13.2 Å². The molecule has 0 aromatic heterocycles. The van der Waals surface area contributed by atoms with Crippen molar-refractivity contribution in [3.8, 4) is 0 Å². The molecule has 5 nitrogen and oxygen atoms in total. The molecule has 2 aromatic rings. The van der Waals surface area contributed by atoms with Gasteiger partial charge in [-0.25, -0.2) is 8.42 Å². The maximum absolute atomic E-state index is 12.8. The maximum atomic E-state index is 12.8. The standard InChI is InChI=1S/C21H28N2O3S/c1-15(2)20(16(3)4)22-21(24)17-10-9-11-18(14-17)23(5)27(25,26)19-12-7-6-8-13-19/h6-16,20H,1-5H3,(H,22,24). The number of anilines is 1. The Balaban J connectivity index is 2.28. The van der Waals surface area contributed by atoms with Gasteiger partial charge in [0.1, 0.15) is 0 Å². The van der Waals surface area contributed by atoms with Gasteiger partial charge >= 0.3 is 0 Å². The minimum atomic E-state index is -3.68. The van der Waals surface area contributed by atoms with Crippen molar-refractivity contribution in [2.45, 2.75) is 38.6 Å². The predicted octanol–water partition coefficient (Wildman–Crippen LogP) is 3.92. The molecule has 2 rings (SSSR count). The van der Waals surface area contributed by atoms with E-state index in [4.69, 9.17) is 0 Å². The van der Waals surface area contributed by atoms with Crippen LogP contribution in [0.15, 0.2) is 59.5 Å². The second-order valence-electron chi connectivity index (χ2n) is 7.32. The Hall–Kier alpha value is -2.34. The summed E-state index contributed by atoms with van der Waals surface area (Å²) >= 11 is 0. The second-order valence-corrected chi connectivity index (χ2v) is 9.29. The molecule has 0 fully saturated rings. The quantitative estimate of drug-likeness (QED) is 0.782. The van der Waals surface area contributed by atoms with Crippen LogP contribution < -0.4 is 9.62 Å². The predicted molar refractivity (Wildman–Crippen MR) is 109 cm³/mol. The summed E-state index contributed by atoms with van der Waals surface area (Å²) in [5.41, 5.74) is 0.881. The van der Waals surface area contributed by atoms with E-state index in [-0.39, 0.29) is 16.8 Å². The van der Waals surface area contributed by atoms with Gasteiger partial charge in [-0.1, -0.05) is 52.0 Å². The summed E-state index contributed by atoms with van der Waals surface area (Å²) in [7, 11) is -2.19. The summed E-state index contributed by atoms with van der Waals surface area (Å²) in [6.07, 6.45) is 0. The van der Waals surface area contributed by atoms with Crippen molar-refractivity contribution in [3.05, 3.63) is 60.2 Å². The third kappa shape index (κ3) is 4.89. The molecule has 0 aliphatic heterocycles. The van der Waals surface area contributed by atoms with Gasteiger partial charge in [-0.2, -0.15) is 0 Å². The number of nitrogens with zero attached hydrogens (tertiary/aromatic N) is 1. The normalized spacial score (nSPS) is 11.9. The fourth-order valence-corrected chi connectivity index (χ4v) is 4.28. The van der Waals surface area contributed by atoms with Crippen LogP contribution in [0, 0.1) is 11.8 Å². The van der Waals surface area contributed by atoms with Crippen LogP contribution in [0.4, 0.5) is 5.69 Å². The van der Waals surface area contributed by atoms with E-state index < -0.39 is 10.0 Å². The largest absolute Gasteiger partial charge is 0.349 e. The van der Waals surface area contributed by atoms with Gasteiger partial charge in [0, 0.05) is 18.7 Å². The van der Waals surface area contributed by atoms with Crippen molar-refractivity contribution >= 4 is 21.6 Å². The maximum Gasteiger partial charge on any atom is 0.264 e. The number of carbonyl (C=O) groups excluding carboxylic acids is 1. The summed E-state index contributed by atoms with van der Waals surface area (Å²) in [4.78, 5) is 12.9. The molecule has 2 aromatic carbocycles. The second kappa shape index (κ2) is 8.57. The molecular formula is C21H28N2O3S. The van der Waals surface area contributed by atoms with E-state index >= 15 is 0 Å². The molecule has 1 N–H and O–H groups in total.